The highest BCUT2D eigenvalue weighted by molar-refractivity contribution is 5.68. The van der Waals surface area contributed by atoms with Crippen LogP contribution < -0.4 is 4.90 Å². The molecular formula is C13H17NO3. The molecule has 0 aromatic heterocycles. The minimum absolute atomic E-state index is 0.240. The third-order valence-corrected chi connectivity index (χ3v) is 3.23. The summed E-state index contributed by atoms with van der Waals surface area (Å²) < 4.78 is 0. The largest absolute Gasteiger partial charge is 0.481 e. The molecule has 0 bridgehead atoms. The van der Waals surface area contributed by atoms with Crippen molar-refractivity contribution in [2.75, 3.05) is 18.0 Å². The highest BCUT2D eigenvalue weighted by Gasteiger charge is 2.20. The van der Waals surface area contributed by atoms with Gasteiger partial charge in [0, 0.05) is 18.8 Å². The van der Waals surface area contributed by atoms with Crippen molar-refractivity contribution >= 4 is 11.7 Å². The molecule has 0 saturated carbocycles. The van der Waals surface area contributed by atoms with Crippen molar-refractivity contribution in [3.8, 4) is 0 Å². The first-order chi connectivity index (χ1) is 8.11. The van der Waals surface area contributed by atoms with Crippen LogP contribution in [-0.2, 0) is 11.2 Å². The number of carbonyl (C=O) groups is 1. The zero-order chi connectivity index (χ0) is 12.4. The lowest BCUT2D eigenvalue weighted by Crippen LogP contribution is -2.19. The number of aliphatic carboxylic acids is 1. The van der Waals surface area contributed by atoms with E-state index in [0.29, 0.717) is 5.56 Å². The Bertz CT molecular complexity index is 431. The zero-order valence-corrected chi connectivity index (χ0v) is 9.89. The third-order valence-electron chi connectivity index (χ3n) is 3.23. The number of aliphatic hydroxyl groups excluding tert-OH is 1. The van der Waals surface area contributed by atoms with Crippen LogP contribution in [0, 0.1) is 0 Å². The molecule has 0 amide bonds. The Morgan fingerprint density at radius 3 is 2.94 bits per heavy atom. The lowest BCUT2D eigenvalue weighted by Gasteiger charge is -2.17. The van der Waals surface area contributed by atoms with Crippen LogP contribution >= 0.6 is 0 Å². The van der Waals surface area contributed by atoms with Crippen molar-refractivity contribution in [3.63, 3.8) is 0 Å². The van der Waals surface area contributed by atoms with E-state index in [-0.39, 0.29) is 6.42 Å². The second-order valence-corrected chi connectivity index (χ2v) is 4.33. The fraction of sp³-hybridized carbons (Fsp3) is 0.462. The Kier molecular flexibility index (Phi) is 3.33. The van der Waals surface area contributed by atoms with E-state index in [1.807, 2.05) is 18.2 Å². The molecule has 0 radical (unpaired) electrons. The lowest BCUT2D eigenvalue weighted by atomic mass is 10.0. The van der Waals surface area contributed by atoms with Crippen LogP contribution in [0.1, 0.15) is 30.6 Å². The summed E-state index contributed by atoms with van der Waals surface area (Å²) in [5, 5.41) is 18.4. The van der Waals surface area contributed by atoms with Crippen LogP contribution in [-0.4, -0.2) is 29.3 Å². The van der Waals surface area contributed by atoms with Gasteiger partial charge < -0.3 is 15.1 Å². The first kappa shape index (κ1) is 11.9. The molecule has 92 valence electrons. The molecule has 1 atom stereocenters. The van der Waals surface area contributed by atoms with Gasteiger partial charge in [-0.25, -0.2) is 0 Å². The molecule has 0 unspecified atom stereocenters. The SMILES string of the molecule is CCN1CCc2cc([C@H](O)CC(=O)O)ccc21. The third kappa shape index (κ3) is 2.42. The summed E-state index contributed by atoms with van der Waals surface area (Å²) in [5.74, 6) is -0.979. The van der Waals surface area contributed by atoms with Crippen molar-refractivity contribution in [1.29, 1.82) is 0 Å². The van der Waals surface area contributed by atoms with Gasteiger partial charge in [-0.15, -0.1) is 0 Å². The van der Waals surface area contributed by atoms with Crippen molar-refractivity contribution < 1.29 is 15.0 Å². The summed E-state index contributed by atoms with van der Waals surface area (Å²) >= 11 is 0. The number of anilines is 1. The second kappa shape index (κ2) is 4.75. The van der Waals surface area contributed by atoms with Gasteiger partial charge in [-0.1, -0.05) is 12.1 Å². The molecule has 4 heteroatoms. The number of carboxylic acids is 1. The van der Waals surface area contributed by atoms with Gasteiger partial charge in [-0.2, -0.15) is 0 Å². The second-order valence-electron chi connectivity index (χ2n) is 4.33. The Labute approximate surface area is 100 Å². The number of likely N-dealkylation sites (N-methyl/N-ethyl adjacent to an activating group) is 1. The van der Waals surface area contributed by atoms with Gasteiger partial charge in [-0.3, -0.25) is 4.79 Å². The number of aliphatic hydroxyl groups is 1. The maximum atomic E-state index is 10.5. The van der Waals surface area contributed by atoms with Gasteiger partial charge in [-0.05, 0) is 30.5 Å². The Morgan fingerprint density at radius 1 is 1.53 bits per heavy atom. The molecule has 1 aromatic rings. The molecule has 0 saturated heterocycles. The quantitative estimate of drug-likeness (QED) is 0.831. The van der Waals surface area contributed by atoms with Crippen molar-refractivity contribution in [2.24, 2.45) is 0 Å². The molecule has 1 aliphatic heterocycles. The lowest BCUT2D eigenvalue weighted by molar-refractivity contribution is -0.139. The number of rotatable bonds is 4. The molecule has 1 heterocycles. The van der Waals surface area contributed by atoms with Crippen LogP contribution in [0.5, 0.6) is 0 Å². The Balaban J connectivity index is 2.20. The monoisotopic (exact) mass is 235 g/mol. The van der Waals surface area contributed by atoms with E-state index in [0.717, 1.165) is 19.5 Å². The number of carboxylic acid groups (broad SMARTS) is 1. The highest BCUT2D eigenvalue weighted by atomic mass is 16.4. The maximum Gasteiger partial charge on any atom is 0.306 e. The molecule has 0 fully saturated rings. The molecule has 2 rings (SSSR count). The number of fused-ring (bicyclic) bond motifs is 1. The van der Waals surface area contributed by atoms with E-state index in [1.54, 1.807) is 0 Å². The molecule has 0 aliphatic carbocycles. The Hall–Kier alpha value is -1.55. The normalized spacial score (nSPS) is 15.8. The van der Waals surface area contributed by atoms with Gasteiger partial charge >= 0.3 is 5.97 Å². The van der Waals surface area contributed by atoms with Gasteiger partial charge in [0.2, 0.25) is 0 Å². The van der Waals surface area contributed by atoms with E-state index < -0.39 is 12.1 Å². The molecular weight excluding hydrogens is 218 g/mol. The standard InChI is InChI=1S/C13H17NO3/c1-2-14-6-5-9-7-10(3-4-11(9)14)12(15)8-13(16)17/h3-4,7,12,15H,2,5-6,8H2,1H3,(H,16,17)/t12-/m1/s1. The number of hydrogen-bond acceptors (Lipinski definition) is 3. The summed E-state index contributed by atoms with van der Waals surface area (Å²) in [6, 6.07) is 5.73. The van der Waals surface area contributed by atoms with Gasteiger partial charge in [0.05, 0.1) is 12.5 Å². The average molecular weight is 235 g/mol. The predicted molar refractivity (Wildman–Crippen MR) is 65.2 cm³/mol. The molecule has 1 aromatic carbocycles. The van der Waals surface area contributed by atoms with Gasteiger partial charge in [0.15, 0.2) is 0 Å². The maximum absolute atomic E-state index is 10.5. The van der Waals surface area contributed by atoms with Crippen molar-refractivity contribution in [1.82, 2.24) is 0 Å². The van der Waals surface area contributed by atoms with Crippen LogP contribution in [0.3, 0.4) is 0 Å². The Morgan fingerprint density at radius 2 is 2.29 bits per heavy atom. The summed E-state index contributed by atoms with van der Waals surface area (Å²) in [4.78, 5) is 12.8. The molecule has 0 spiro atoms. The topological polar surface area (TPSA) is 60.8 Å². The summed E-state index contributed by atoms with van der Waals surface area (Å²) in [5.41, 5.74) is 3.11. The predicted octanol–water partition coefficient (Wildman–Crippen LogP) is 1.58. The number of benzene rings is 1. The molecule has 1 aliphatic rings. The first-order valence-corrected chi connectivity index (χ1v) is 5.89. The fourth-order valence-corrected chi connectivity index (χ4v) is 2.31. The number of nitrogens with zero attached hydrogens (tertiary/aromatic N) is 1. The van der Waals surface area contributed by atoms with E-state index >= 15 is 0 Å². The van der Waals surface area contributed by atoms with E-state index in [1.165, 1.54) is 11.3 Å². The zero-order valence-electron chi connectivity index (χ0n) is 9.89. The van der Waals surface area contributed by atoms with Crippen molar-refractivity contribution in [3.05, 3.63) is 29.3 Å². The van der Waals surface area contributed by atoms with Crippen LogP contribution in [0.4, 0.5) is 5.69 Å². The summed E-state index contributed by atoms with van der Waals surface area (Å²) in [7, 11) is 0. The van der Waals surface area contributed by atoms with Gasteiger partial charge in [0.25, 0.3) is 0 Å². The smallest absolute Gasteiger partial charge is 0.306 e. The number of hydrogen-bond donors (Lipinski definition) is 2. The van der Waals surface area contributed by atoms with Gasteiger partial charge in [0.1, 0.15) is 0 Å². The van der Waals surface area contributed by atoms with E-state index in [2.05, 4.69) is 11.8 Å². The fourth-order valence-electron chi connectivity index (χ4n) is 2.31. The first-order valence-electron chi connectivity index (χ1n) is 5.89. The molecule has 2 N–H and O–H groups in total. The summed E-state index contributed by atoms with van der Waals surface area (Å²) in [6.07, 6.45) is -0.180. The van der Waals surface area contributed by atoms with E-state index in [9.17, 15) is 9.90 Å². The van der Waals surface area contributed by atoms with E-state index in [4.69, 9.17) is 5.11 Å². The summed E-state index contributed by atoms with van der Waals surface area (Å²) in [6.45, 7) is 4.09. The molecule has 17 heavy (non-hydrogen) atoms. The highest BCUT2D eigenvalue weighted by Crippen LogP contribution is 2.30. The minimum Gasteiger partial charge on any atom is -0.481 e. The van der Waals surface area contributed by atoms with Crippen LogP contribution in [0.15, 0.2) is 18.2 Å². The average Bonchev–Trinajstić information content (AvgIpc) is 2.69. The van der Waals surface area contributed by atoms with Crippen LogP contribution in [0.25, 0.3) is 0 Å². The minimum atomic E-state index is -0.979. The van der Waals surface area contributed by atoms with Crippen molar-refractivity contribution in [2.45, 2.75) is 25.9 Å². The molecule has 4 nitrogen and oxygen atoms in total. The van der Waals surface area contributed by atoms with Crippen LogP contribution in [0.2, 0.25) is 0 Å².